The van der Waals surface area contributed by atoms with Gasteiger partial charge < -0.3 is 9.80 Å². The minimum absolute atomic E-state index is 0.0184. The fourth-order valence-electron chi connectivity index (χ4n) is 4.16. The molecule has 0 radical (unpaired) electrons. The summed E-state index contributed by atoms with van der Waals surface area (Å²) in [6.45, 7) is 2.47. The molecule has 2 aliphatic rings. The number of carbonyl (C=O) groups is 1. The molecule has 0 aliphatic carbocycles. The normalized spacial score (nSPS) is 23.7. The lowest BCUT2D eigenvalue weighted by molar-refractivity contribution is -0.139. The van der Waals surface area contributed by atoms with Gasteiger partial charge in [0.25, 0.3) is 0 Å². The first-order valence-electron chi connectivity index (χ1n) is 9.55. The molecule has 2 aliphatic heterocycles. The molecule has 2 atom stereocenters. The van der Waals surface area contributed by atoms with Crippen LogP contribution >= 0.6 is 0 Å². The van der Waals surface area contributed by atoms with Crippen molar-refractivity contribution >= 4 is 11.9 Å². The van der Waals surface area contributed by atoms with Gasteiger partial charge in [-0.05, 0) is 49.8 Å². The molecule has 1 unspecified atom stereocenters. The number of carbonyl (C=O) groups excluding carboxylic acids is 1. The van der Waals surface area contributed by atoms with Crippen LogP contribution in [-0.2, 0) is 4.79 Å². The fourth-order valence-corrected chi connectivity index (χ4v) is 4.16. The second-order valence-electron chi connectivity index (χ2n) is 7.16. The molecular formula is C20H25N5O. The molecule has 136 valence electrons. The number of pyridine rings is 1. The van der Waals surface area contributed by atoms with Crippen molar-refractivity contribution in [1.29, 1.82) is 0 Å². The molecule has 6 heteroatoms. The van der Waals surface area contributed by atoms with Crippen LogP contribution in [0, 0.1) is 5.92 Å². The lowest BCUT2D eigenvalue weighted by Gasteiger charge is -2.40. The van der Waals surface area contributed by atoms with E-state index >= 15 is 0 Å². The predicted octanol–water partition coefficient (Wildman–Crippen LogP) is 2.84. The summed E-state index contributed by atoms with van der Waals surface area (Å²) in [6.07, 6.45) is 12.4. The minimum atomic E-state index is 0.0184. The molecule has 4 heterocycles. The van der Waals surface area contributed by atoms with Crippen molar-refractivity contribution in [3.05, 3.63) is 48.5 Å². The number of rotatable bonds is 3. The predicted molar refractivity (Wildman–Crippen MR) is 99.5 cm³/mol. The Kier molecular flexibility index (Phi) is 5.09. The van der Waals surface area contributed by atoms with Gasteiger partial charge in [-0.15, -0.1) is 0 Å². The standard InChI is InChI=1S/C20H25N5O/c26-19(17-7-4-12-24(15-17)20-22-10-5-11-23-20)25-13-2-1-8-18(25)16-6-3-9-21-14-16/h3,5-6,9-11,14,17-18H,1-2,4,7-8,12-13,15H2/t17?,18-/m0/s1. The lowest BCUT2D eigenvalue weighted by Crippen LogP contribution is -2.47. The summed E-state index contributed by atoms with van der Waals surface area (Å²) in [4.78, 5) is 30.6. The third-order valence-corrected chi connectivity index (χ3v) is 5.46. The summed E-state index contributed by atoms with van der Waals surface area (Å²) in [5.41, 5.74) is 1.15. The Morgan fingerprint density at radius 3 is 2.69 bits per heavy atom. The molecule has 0 aromatic carbocycles. The van der Waals surface area contributed by atoms with E-state index in [9.17, 15) is 4.79 Å². The van der Waals surface area contributed by atoms with Gasteiger partial charge in [0.05, 0.1) is 12.0 Å². The fraction of sp³-hybridized carbons (Fsp3) is 0.500. The highest BCUT2D eigenvalue weighted by atomic mass is 16.2. The Hall–Kier alpha value is -2.50. The summed E-state index contributed by atoms with van der Waals surface area (Å²) < 4.78 is 0. The van der Waals surface area contributed by atoms with Crippen molar-refractivity contribution in [3.63, 3.8) is 0 Å². The number of amides is 1. The Bertz CT molecular complexity index is 723. The van der Waals surface area contributed by atoms with Crippen molar-refractivity contribution < 1.29 is 4.79 Å². The van der Waals surface area contributed by atoms with Crippen LogP contribution in [0.3, 0.4) is 0 Å². The zero-order valence-corrected chi connectivity index (χ0v) is 15.0. The number of anilines is 1. The molecule has 2 fully saturated rings. The summed E-state index contributed by atoms with van der Waals surface area (Å²) in [5.74, 6) is 1.02. The highest BCUT2D eigenvalue weighted by molar-refractivity contribution is 5.80. The maximum atomic E-state index is 13.4. The summed E-state index contributed by atoms with van der Waals surface area (Å²) in [7, 11) is 0. The largest absolute Gasteiger partial charge is 0.340 e. The van der Waals surface area contributed by atoms with Crippen molar-refractivity contribution in [3.8, 4) is 0 Å². The molecular weight excluding hydrogens is 326 g/mol. The maximum Gasteiger partial charge on any atom is 0.227 e. The number of hydrogen-bond donors (Lipinski definition) is 0. The topological polar surface area (TPSA) is 62.2 Å². The smallest absolute Gasteiger partial charge is 0.227 e. The molecule has 6 nitrogen and oxygen atoms in total. The van der Waals surface area contributed by atoms with Crippen LogP contribution in [0.4, 0.5) is 5.95 Å². The zero-order chi connectivity index (χ0) is 17.8. The van der Waals surface area contributed by atoms with Crippen molar-refractivity contribution in [2.24, 2.45) is 5.92 Å². The van der Waals surface area contributed by atoms with E-state index in [1.165, 1.54) is 0 Å². The van der Waals surface area contributed by atoms with E-state index in [4.69, 9.17) is 0 Å². The van der Waals surface area contributed by atoms with Crippen LogP contribution < -0.4 is 4.90 Å². The average Bonchev–Trinajstić information content (AvgIpc) is 2.74. The van der Waals surface area contributed by atoms with Gasteiger partial charge in [-0.1, -0.05) is 6.07 Å². The van der Waals surface area contributed by atoms with E-state index in [-0.39, 0.29) is 17.9 Å². The molecule has 2 aromatic rings. The number of likely N-dealkylation sites (tertiary alicyclic amines) is 1. The second-order valence-corrected chi connectivity index (χ2v) is 7.16. The van der Waals surface area contributed by atoms with Gasteiger partial charge in [0.1, 0.15) is 0 Å². The Labute approximate surface area is 154 Å². The van der Waals surface area contributed by atoms with Crippen LogP contribution in [0.1, 0.15) is 43.7 Å². The summed E-state index contributed by atoms with van der Waals surface area (Å²) in [6, 6.07) is 6.03. The van der Waals surface area contributed by atoms with E-state index in [1.54, 1.807) is 18.6 Å². The van der Waals surface area contributed by atoms with Gasteiger partial charge in [0, 0.05) is 44.4 Å². The van der Waals surface area contributed by atoms with Gasteiger partial charge in [-0.25, -0.2) is 9.97 Å². The first-order valence-corrected chi connectivity index (χ1v) is 9.55. The van der Waals surface area contributed by atoms with Crippen molar-refractivity contribution in [2.75, 3.05) is 24.5 Å². The molecule has 0 N–H and O–H groups in total. The van der Waals surface area contributed by atoms with E-state index in [0.717, 1.165) is 56.7 Å². The van der Waals surface area contributed by atoms with Gasteiger partial charge >= 0.3 is 0 Å². The third-order valence-electron chi connectivity index (χ3n) is 5.46. The Morgan fingerprint density at radius 2 is 1.88 bits per heavy atom. The van der Waals surface area contributed by atoms with Crippen LogP contribution in [-0.4, -0.2) is 45.4 Å². The van der Waals surface area contributed by atoms with Crippen LogP contribution in [0.2, 0.25) is 0 Å². The quantitative estimate of drug-likeness (QED) is 0.851. The van der Waals surface area contributed by atoms with Gasteiger partial charge in [0.15, 0.2) is 0 Å². The Morgan fingerprint density at radius 1 is 1.00 bits per heavy atom. The maximum absolute atomic E-state index is 13.4. The zero-order valence-electron chi connectivity index (χ0n) is 15.0. The number of nitrogens with zero attached hydrogens (tertiary/aromatic N) is 5. The summed E-state index contributed by atoms with van der Waals surface area (Å²) in [5, 5.41) is 0. The second kappa shape index (κ2) is 7.81. The van der Waals surface area contributed by atoms with E-state index < -0.39 is 0 Å². The van der Waals surface area contributed by atoms with Gasteiger partial charge in [0.2, 0.25) is 11.9 Å². The highest BCUT2D eigenvalue weighted by Crippen LogP contribution is 2.33. The van der Waals surface area contributed by atoms with Crippen LogP contribution in [0.25, 0.3) is 0 Å². The van der Waals surface area contributed by atoms with E-state index in [2.05, 4.69) is 30.8 Å². The highest BCUT2D eigenvalue weighted by Gasteiger charge is 2.35. The number of hydrogen-bond acceptors (Lipinski definition) is 5. The van der Waals surface area contributed by atoms with Gasteiger partial charge in [-0.3, -0.25) is 9.78 Å². The first kappa shape index (κ1) is 16.9. The minimum Gasteiger partial charge on any atom is -0.340 e. The Balaban J connectivity index is 1.50. The number of aromatic nitrogens is 3. The molecule has 0 spiro atoms. The molecule has 0 bridgehead atoms. The number of piperidine rings is 2. The van der Waals surface area contributed by atoms with Crippen LogP contribution in [0.15, 0.2) is 43.0 Å². The molecule has 2 saturated heterocycles. The molecule has 4 rings (SSSR count). The van der Waals surface area contributed by atoms with Crippen LogP contribution in [0.5, 0.6) is 0 Å². The van der Waals surface area contributed by atoms with Crippen molar-refractivity contribution in [1.82, 2.24) is 19.9 Å². The summed E-state index contributed by atoms with van der Waals surface area (Å²) >= 11 is 0. The third kappa shape index (κ3) is 3.54. The van der Waals surface area contributed by atoms with Gasteiger partial charge in [-0.2, -0.15) is 0 Å². The first-order chi connectivity index (χ1) is 12.8. The monoisotopic (exact) mass is 351 g/mol. The SMILES string of the molecule is O=C(C1CCCN(c2ncccn2)C1)N1CCCC[C@H]1c1cccnc1. The average molecular weight is 351 g/mol. The lowest BCUT2D eigenvalue weighted by atomic mass is 9.91. The molecule has 2 aromatic heterocycles. The molecule has 1 amide bonds. The van der Waals surface area contributed by atoms with E-state index in [1.807, 2.05) is 18.3 Å². The van der Waals surface area contributed by atoms with Crippen molar-refractivity contribution in [2.45, 2.75) is 38.1 Å². The molecule has 26 heavy (non-hydrogen) atoms. The van der Waals surface area contributed by atoms with E-state index in [0.29, 0.717) is 6.54 Å². The molecule has 0 saturated carbocycles.